The summed E-state index contributed by atoms with van der Waals surface area (Å²) in [7, 11) is 0. The van der Waals surface area contributed by atoms with Crippen molar-refractivity contribution in [3.05, 3.63) is 176 Å². The van der Waals surface area contributed by atoms with Gasteiger partial charge in [-0.2, -0.15) is 0 Å². The van der Waals surface area contributed by atoms with Gasteiger partial charge in [-0.05, 0) is 106 Å². The maximum absolute atomic E-state index is 6.86. The summed E-state index contributed by atoms with van der Waals surface area (Å²) >= 11 is 0. The lowest BCUT2D eigenvalue weighted by atomic mass is 9.33. The molecule has 9 aromatic rings. The van der Waals surface area contributed by atoms with E-state index in [9.17, 15) is 0 Å². The summed E-state index contributed by atoms with van der Waals surface area (Å²) in [6.45, 7) is -0.0409. The molecule has 2 aliphatic rings. The van der Waals surface area contributed by atoms with Crippen molar-refractivity contribution in [2.24, 2.45) is 0 Å². The predicted molar refractivity (Wildman–Crippen MR) is 212 cm³/mol. The van der Waals surface area contributed by atoms with Crippen LogP contribution in [-0.2, 0) is 0 Å². The molecule has 0 aliphatic carbocycles. The van der Waals surface area contributed by atoms with Crippen molar-refractivity contribution in [3.8, 4) is 11.5 Å². The second-order valence-corrected chi connectivity index (χ2v) is 13.3. The van der Waals surface area contributed by atoms with E-state index in [1.165, 1.54) is 27.4 Å². The Hall–Kier alpha value is -6.72. The topological polar surface area (TPSA) is 28.9 Å². The lowest BCUT2D eigenvalue weighted by Crippen LogP contribution is -2.59. The van der Waals surface area contributed by atoms with Gasteiger partial charge in [-0.3, -0.25) is 0 Å². The second-order valence-electron chi connectivity index (χ2n) is 13.3. The summed E-state index contributed by atoms with van der Waals surface area (Å²) in [6.07, 6.45) is 0. The lowest BCUT2D eigenvalue weighted by Gasteiger charge is -2.40. The molecule has 0 radical (unpaired) electrons. The fourth-order valence-corrected chi connectivity index (χ4v) is 8.31. The van der Waals surface area contributed by atoms with Gasteiger partial charge in [0, 0.05) is 51.0 Å². The molecule has 11 rings (SSSR count). The summed E-state index contributed by atoms with van der Waals surface area (Å²) in [6, 6.07) is 62.2. The maximum Gasteiger partial charge on any atom is 0.257 e. The van der Waals surface area contributed by atoms with Crippen LogP contribution in [0.1, 0.15) is 0 Å². The van der Waals surface area contributed by atoms with Crippen LogP contribution in [0.2, 0.25) is 0 Å². The quantitative estimate of drug-likeness (QED) is 0.177. The Morgan fingerprint density at radius 1 is 0.451 bits per heavy atom. The highest BCUT2D eigenvalue weighted by atomic mass is 16.5. The van der Waals surface area contributed by atoms with Crippen LogP contribution >= 0.6 is 0 Å². The molecule has 51 heavy (non-hydrogen) atoms. The molecule has 0 N–H and O–H groups in total. The first-order chi connectivity index (χ1) is 25.3. The monoisotopic (exact) mass is 652 g/mol. The third kappa shape index (κ3) is 4.22. The molecule has 5 heteroatoms. The van der Waals surface area contributed by atoms with Gasteiger partial charge in [0.15, 0.2) is 0 Å². The highest BCUT2D eigenvalue weighted by Gasteiger charge is 2.43. The van der Waals surface area contributed by atoms with Gasteiger partial charge in [-0.25, -0.2) is 0 Å². The first-order valence-electron chi connectivity index (χ1n) is 17.4. The summed E-state index contributed by atoms with van der Waals surface area (Å²) in [5.41, 5.74) is 11.9. The van der Waals surface area contributed by atoms with E-state index in [0.29, 0.717) is 0 Å². The highest BCUT2D eigenvalue weighted by Crippen LogP contribution is 2.44. The zero-order valence-electron chi connectivity index (χ0n) is 27.5. The standard InChI is InChI=1S/C46H29BN2O2/c1-4-14-31(15-5-1)48(32-16-6-2-7-17-32)34-24-25-36-37-28-44-38(29-43(37)51-42(36)27-34)47-45-35-20-11-10-13-30(35)23-26-40(45)49(33-18-8-3-9-19-33)39-21-12-22-41(50-44)46(39)47/h1-29H. The van der Waals surface area contributed by atoms with E-state index in [4.69, 9.17) is 9.15 Å². The van der Waals surface area contributed by atoms with E-state index in [2.05, 4.69) is 174 Å². The van der Waals surface area contributed by atoms with Crippen molar-refractivity contribution < 1.29 is 9.15 Å². The van der Waals surface area contributed by atoms with Gasteiger partial charge in [0.1, 0.15) is 22.7 Å². The second kappa shape index (κ2) is 10.9. The largest absolute Gasteiger partial charge is 0.458 e. The van der Waals surface area contributed by atoms with E-state index < -0.39 is 0 Å². The molecule has 1 aromatic heterocycles. The minimum Gasteiger partial charge on any atom is -0.458 e. The van der Waals surface area contributed by atoms with Crippen molar-refractivity contribution in [2.75, 3.05) is 9.80 Å². The van der Waals surface area contributed by atoms with E-state index in [0.717, 1.165) is 67.3 Å². The molecule has 0 atom stereocenters. The fourth-order valence-electron chi connectivity index (χ4n) is 8.31. The number of ether oxygens (including phenoxy) is 1. The Labute approximate surface area is 295 Å². The third-order valence-electron chi connectivity index (χ3n) is 10.5. The van der Waals surface area contributed by atoms with Gasteiger partial charge in [0.05, 0.1) is 0 Å². The molecule has 8 aromatic carbocycles. The average Bonchev–Trinajstić information content (AvgIpc) is 3.54. The number of anilines is 6. The van der Waals surface area contributed by atoms with E-state index in [1.807, 2.05) is 12.1 Å². The first-order valence-corrected chi connectivity index (χ1v) is 17.4. The van der Waals surface area contributed by atoms with E-state index >= 15 is 0 Å². The molecule has 0 amide bonds. The molecule has 0 unspecified atom stereocenters. The molecule has 4 nitrogen and oxygen atoms in total. The van der Waals surface area contributed by atoms with Gasteiger partial charge < -0.3 is 19.0 Å². The zero-order valence-corrected chi connectivity index (χ0v) is 27.5. The number of nitrogens with zero attached hydrogens (tertiary/aromatic N) is 2. The van der Waals surface area contributed by atoms with Crippen molar-refractivity contribution >= 4 is 89.9 Å². The number of para-hydroxylation sites is 3. The molecule has 2 aliphatic heterocycles. The van der Waals surface area contributed by atoms with E-state index in [1.54, 1.807) is 0 Å². The molecular formula is C46H29BN2O2. The van der Waals surface area contributed by atoms with Crippen LogP contribution in [0.4, 0.5) is 34.1 Å². The van der Waals surface area contributed by atoms with Crippen LogP contribution in [0.15, 0.2) is 180 Å². The van der Waals surface area contributed by atoms with Crippen molar-refractivity contribution in [1.82, 2.24) is 0 Å². The van der Waals surface area contributed by atoms with Crippen LogP contribution < -0.4 is 30.9 Å². The predicted octanol–water partition coefficient (Wildman–Crippen LogP) is 10.6. The van der Waals surface area contributed by atoms with Gasteiger partial charge in [0.2, 0.25) is 0 Å². The van der Waals surface area contributed by atoms with Crippen LogP contribution in [0.3, 0.4) is 0 Å². The highest BCUT2D eigenvalue weighted by molar-refractivity contribution is 7.00. The molecule has 3 heterocycles. The fraction of sp³-hybridized carbons (Fsp3) is 0. The van der Waals surface area contributed by atoms with Crippen molar-refractivity contribution in [2.45, 2.75) is 0 Å². The molecule has 238 valence electrons. The smallest absolute Gasteiger partial charge is 0.257 e. The van der Waals surface area contributed by atoms with Gasteiger partial charge in [-0.15, -0.1) is 0 Å². The molecule has 0 saturated heterocycles. The molecule has 0 saturated carbocycles. The average molecular weight is 653 g/mol. The maximum atomic E-state index is 6.86. The number of benzene rings is 8. The summed E-state index contributed by atoms with van der Waals surface area (Å²) in [4.78, 5) is 4.65. The molecule has 0 bridgehead atoms. The third-order valence-corrected chi connectivity index (χ3v) is 10.5. The molecular weight excluding hydrogens is 623 g/mol. The van der Waals surface area contributed by atoms with Crippen LogP contribution in [0.5, 0.6) is 11.5 Å². The molecule has 0 fully saturated rings. The summed E-state index contributed by atoms with van der Waals surface area (Å²) in [5.74, 6) is 1.76. The Balaban J connectivity index is 1.13. The Morgan fingerprint density at radius 2 is 1.14 bits per heavy atom. The number of hydrogen-bond donors (Lipinski definition) is 0. The summed E-state index contributed by atoms with van der Waals surface area (Å²) < 4.78 is 13.6. The molecule has 0 spiro atoms. The number of furan rings is 1. The van der Waals surface area contributed by atoms with Gasteiger partial charge in [0.25, 0.3) is 6.71 Å². The minimum atomic E-state index is -0.0409. The zero-order chi connectivity index (χ0) is 33.5. The SMILES string of the molecule is c1ccc(N(c2ccccc2)c2ccc3c(c2)oc2cc4c(cc23)Oc2cccc3c2B4c2c(ccc4ccccc24)N3c2ccccc2)cc1. The Bertz CT molecular complexity index is 2760. The normalized spacial score (nSPS) is 12.8. The number of fused-ring (bicyclic) bond motifs is 9. The van der Waals surface area contributed by atoms with Crippen LogP contribution in [0, 0.1) is 0 Å². The summed E-state index contributed by atoms with van der Waals surface area (Å²) in [5, 5.41) is 4.56. The Morgan fingerprint density at radius 3 is 1.92 bits per heavy atom. The van der Waals surface area contributed by atoms with Gasteiger partial charge in [-0.1, -0.05) is 91.0 Å². The number of rotatable bonds is 4. The first kappa shape index (κ1) is 28.2. The van der Waals surface area contributed by atoms with Crippen LogP contribution in [0.25, 0.3) is 32.7 Å². The van der Waals surface area contributed by atoms with Crippen molar-refractivity contribution in [1.29, 1.82) is 0 Å². The Kier molecular flexibility index (Phi) is 6.01. The minimum absolute atomic E-state index is 0.0409. The lowest BCUT2D eigenvalue weighted by molar-refractivity contribution is 0.488. The number of hydrogen-bond acceptors (Lipinski definition) is 4. The van der Waals surface area contributed by atoms with Gasteiger partial charge >= 0.3 is 0 Å². The van der Waals surface area contributed by atoms with Crippen molar-refractivity contribution in [3.63, 3.8) is 0 Å². The van der Waals surface area contributed by atoms with Crippen LogP contribution in [-0.4, -0.2) is 6.71 Å². The van der Waals surface area contributed by atoms with E-state index in [-0.39, 0.29) is 6.71 Å².